The third-order valence-corrected chi connectivity index (χ3v) is 5.33. The van der Waals surface area contributed by atoms with E-state index >= 15 is 0 Å². The minimum absolute atomic E-state index is 0.0499. The van der Waals surface area contributed by atoms with E-state index in [0.717, 1.165) is 7.05 Å². The van der Waals surface area contributed by atoms with E-state index in [1.54, 1.807) is 6.92 Å². The third-order valence-electron chi connectivity index (χ3n) is 4.58. The van der Waals surface area contributed by atoms with E-state index in [4.69, 9.17) is 9.47 Å². The maximum atomic E-state index is 13.1. The third kappa shape index (κ3) is 3.47. The lowest BCUT2D eigenvalue weighted by molar-refractivity contribution is -0.158. The smallest absolute Gasteiger partial charge is 0.431 e. The summed E-state index contributed by atoms with van der Waals surface area (Å²) in [6.07, 6.45) is -4.78. The van der Waals surface area contributed by atoms with E-state index < -0.39 is 34.7 Å². The van der Waals surface area contributed by atoms with Crippen LogP contribution in [-0.2, 0) is 29.2 Å². The molecule has 3 rings (SSSR count). The van der Waals surface area contributed by atoms with Gasteiger partial charge in [0.15, 0.2) is 0 Å². The zero-order valence-corrected chi connectivity index (χ0v) is 17.2. The van der Waals surface area contributed by atoms with Crippen LogP contribution in [0.15, 0.2) is 32.3 Å². The van der Waals surface area contributed by atoms with E-state index in [1.165, 1.54) is 19.1 Å². The first-order valence-electron chi connectivity index (χ1n) is 8.49. The Balaban J connectivity index is 2.22. The number of halogens is 4. The number of benzene rings is 1. The van der Waals surface area contributed by atoms with Crippen LogP contribution in [0.5, 0.6) is 5.75 Å². The summed E-state index contributed by atoms with van der Waals surface area (Å²) in [4.78, 5) is 37.4. The van der Waals surface area contributed by atoms with Crippen molar-refractivity contribution in [3.63, 3.8) is 0 Å². The van der Waals surface area contributed by atoms with Crippen LogP contribution in [0.1, 0.15) is 25.1 Å². The number of esters is 1. The molecule has 11 heteroatoms. The van der Waals surface area contributed by atoms with Crippen LogP contribution < -0.4 is 16.0 Å². The molecular weight excluding hydrogens is 461 g/mol. The summed E-state index contributed by atoms with van der Waals surface area (Å²) in [6.45, 7) is 3.26. The van der Waals surface area contributed by atoms with Crippen molar-refractivity contribution in [1.82, 2.24) is 9.13 Å². The van der Waals surface area contributed by atoms with Crippen molar-refractivity contribution < 1.29 is 27.4 Å². The van der Waals surface area contributed by atoms with Crippen LogP contribution in [0.3, 0.4) is 0 Å². The second-order valence-corrected chi connectivity index (χ2v) is 7.50. The summed E-state index contributed by atoms with van der Waals surface area (Å²) in [5.74, 6) is -0.587. The molecule has 1 aromatic carbocycles. The highest BCUT2D eigenvalue weighted by molar-refractivity contribution is 9.10. The minimum atomic E-state index is -4.87. The Labute approximate surface area is 170 Å². The molecule has 2 heterocycles. The van der Waals surface area contributed by atoms with Gasteiger partial charge in [-0.05, 0) is 26.0 Å². The van der Waals surface area contributed by atoms with Crippen molar-refractivity contribution in [2.24, 2.45) is 7.05 Å². The van der Waals surface area contributed by atoms with Gasteiger partial charge in [-0.1, -0.05) is 15.9 Å². The molecule has 1 aliphatic rings. The molecule has 0 saturated carbocycles. The Bertz CT molecular complexity index is 1120. The van der Waals surface area contributed by atoms with Gasteiger partial charge in [0, 0.05) is 29.6 Å². The van der Waals surface area contributed by atoms with Crippen LogP contribution in [0.2, 0.25) is 0 Å². The Kier molecular flexibility index (Phi) is 5.14. The predicted octanol–water partition coefficient (Wildman–Crippen LogP) is 2.57. The fourth-order valence-corrected chi connectivity index (χ4v) is 3.61. The zero-order valence-electron chi connectivity index (χ0n) is 15.6. The molecule has 1 aromatic heterocycles. The maximum Gasteiger partial charge on any atom is 0.431 e. The number of carbonyl (C=O) groups excluding carboxylic acids is 1. The molecule has 7 nitrogen and oxygen atoms in total. The van der Waals surface area contributed by atoms with Gasteiger partial charge in [-0.2, -0.15) is 13.2 Å². The van der Waals surface area contributed by atoms with E-state index in [9.17, 15) is 27.6 Å². The molecule has 1 atom stereocenters. The van der Waals surface area contributed by atoms with Crippen molar-refractivity contribution in [3.8, 4) is 11.4 Å². The first-order chi connectivity index (χ1) is 13.4. The largest absolute Gasteiger partial charge is 0.473 e. The Morgan fingerprint density at radius 1 is 1.34 bits per heavy atom. The van der Waals surface area contributed by atoms with Gasteiger partial charge in [-0.15, -0.1) is 0 Å². The number of alkyl halides is 3. The molecule has 0 fully saturated rings. The van der Waals surface area contributed by atoms with Crippen LogP contribution in [0.4, 0.5) is 13.2 Å². The molecular formula is C18H16BrF3N2O5. The molecule has 0 amide bonds. The number of fused-ring (bicyclic) bond motifs is 1. The fraction of sp³-hybridized carbons (Fsp3) is 0.389. The molecule has 0 radical (unpaired) electrons. The van der Waals surface area contributed by atoms with Crippen molar-refractivity contribution in [2.75, 3.05) is 6.61 Å². The number of nitrogens with zero attached hydrogens (tertiary/aromatic N) is 2. The van der Waals surface area contributed by atoms with Crippen molar-refractivity contribution in [3.05, 3.63) is 54.8 Å². The molecule has 0 bridgehead atoms. The highest BCUT2D eigenvalue weighted by Crippen LogP contribution is 2.43. The van der Waals surface area contributed by atoms with Gasteiger partial charge in [0.2, 0.25) is 5.60 Å². The van der Waals surface area contributed by atoms with Gasteiger partial charge in [0.1, 0.15) is 11.4 Å². The quantitative estimate of drug-likeness (QED) is 0.636. The summed E-state index contributed by atoms with van der Waals surface area (Å²) in [7, 11) is 0.920. The summed E-state index contributed by atoms with van der Waals surface area (Å²) < 4.78 is 51.6. The summed E-state index contributed by atoms with van der Waals surface area (Å²) in [5, 5.41) is 0. The number of hydrogen-bond donors (Lipinski definition) is 0. The first kappa shape index (κ1) is 21.2. The Morgan fingerprint density at radius 2 is 2.00 bits per heavy atom. The Hall–Kier alpha value is -2.56. The SMILES string of the molecule is CCOC(=O)C1(C)Cc2c(Br)ccc(-n3c(=O)cc(C(F)(F)F)n(C)c3=O)c2O1. The average molecular weight is 477 g/mol. The van der Waals surface area contributed by atoms with Crippen LogP contribution in [0.25, 0.3) is 5.69 Å². The standard InChI is InChI=1S/C18H16BrF3N2O5/c1-4-28-15(26)17(2)8-9-10(19)5-6-11(14(9)29-17)24-13(25)7-12(18(20,21)22)23(3)16(24)27/h5-7H,4,8H2,1-3H3. The highest BCUT2D eigenvalue weighted by Gasteiger charge is 2.45. The lowest BCUT2D eigenvalue weighted by atomic mass is 9.99. The highest BCUT2D eigenvalue weighted by atomic mass is 79.9. The van der Waals surface area contributed by atoms with Gasteiger partial charge < -0.3 is 9.47 Å². The zero-order chi connectivity index (χ0) is 21.7. The number of rotatable bonds is 3. The minimum Gasteiger partial charge on any atom is -0.473 e. The topological polar surface area (TPSA) is 79.5 Å². The molecule has 1 aliphatic heterocycles. The van der Waals surface area contributed by atoms with Crippen LogP contribution in [-0.4, -0.2) is 27.3 Å². The number of hydrogen-bond acceptors (Lipinski definition) is 5. The van der Waals surface area contributed by atoms with Crippen molar-refractivity contribution in [1.29, 1.82) is 0 Å². The van der Waals surface area contributed by atoms with E-state index in [0.29, 0.717) is 25.2 Å². The number of ether oxygens (including phenoxy) is 2. The lowest BCUT2D eigenvalue weighted by Crippen LogP contribution is -2.42. The molecule has 0 N–H and O–H groups in total. The van der Waals surface area contributed by atoms with Crippen molar-refractivity contribution >= 4 is 21.9 Å². The van der Waals surface area contributed by atoms with Gasteiger partial charge >= 0.3 is 17.8 Å². The maximum absolute atomic E-state index is 13.1. The second kappa shape index (κ2) is 7.05. The van der Waals surface area contributed by atoms with Crippen molar-refractivity contribution in [2.45, 2.75) is 32.0 Å². The number of carbonyl (C=O) groups is 1. The lowest BCUT2D eigenvalue weighted by Gasteiger charge is -2.22. The monoisotopic (exact) mass is 476 g/mol. The molecule has 156 valence electrons. The Morgan fingerprint density at radius 3 is 2.59 bits per heavy atom. The molecule has 0 saturated heterocycles. The molecule has 0 aliphatic carbocycles. The predicted molar refractivity (Wildman–Crippen MR) is 99.4 cm³/mol. The van der Waals surface area contributed by atoms with E-state index in [1.807, 2.05) is 0 Å². The molecule has 2 aromatic rings. The second-order valence-electron chi connectivity index (χ2n) is 6.65. The first-order valence-corrected chi connectivity index (χ1v) is 9.28. The summed E-state index contributed by atoms with van der Waals surface area (Å²) in [6, 6.07) is 3.23. The van der Waals surface area contributed by atoms with Crippen LogP contribution in [0, 0.1) is 0 Å². The normalized spacial score (nSPS) is 18.3. The fourth-order valence-electron chi connectivity index (χ4n) is 3.16. The van der Waals surface area contributed by atoms with Gasteiger partial charge in [-0.25, -0.2) is 14.2 Å². The van der Waals surface area contributed by atoms with Gasteiger partial charge in [0.05, 0.1) is 12.3 Å². The van der Waals surface area contributed by atoms with Gasteiger partial charge in [0.25, 0.3) is 5.56 Å². The van der Waals surface area contributed by atoms with Gasteiger partial charge in [-0.3, -0.25) is 9.36 Å². The van der Waals surface area contributed by atoms with E-state index in [2.05, 4.69) is 15.9 Å². The molecule has 0 spiro atoms. The van der Waals surface area contributed by atoms with Crippen LogP contribution >= 0.6 is 15.9 Å². The molecule has 1 unspecified atom stereocenters. The van der Waals surface area contributed by atoms with E-state index in [-0.39, 0.29) is 24.5 Å². The number of aromatic nitrogens is 2. The molecule has 29 heavy (non-hydrogen) atoms. The average Bonchev–Trinajstić information content (AvgIpc) is 2.99. The summed E-state index contributed by atoms with van der Waals surface area (Å²) in [5.41, 5.74) is -4.70. The summed E-state index contributed by atoms with van der Waals surface area (Å²) >= 11 is 3.33.